The van der Waals surface area contributed by atoms with Gasteiger partial charge in [0.25, 0.3) is 0 Å². The average molecular weight is 236 g/mol. The molecule has 0 radical (unpaired) electrons. The molecule has 0 aliphatic rings. The Kier molecular flexibility index (Phi) is 4.54. The fourth-order valence-corrected chi connectivity index (χ4v) is 2.00. The molecular weight excluding hydrogens is 212 g/mol. The molecule has 1 aromatic rings. The first-order chi connectivity index (χ1) is 7.83. The molecule has 0 unspecified atom stereocenters. The summed E-state index contributed by atoms with van der Waals surface area (Å²) in [6, 6.07) is 6.26. The van der Waals surface area contributed by atoms with E-state index in [0.717, 1.165) is 18.7 Å². The first-order valence-corrected chi connectivity index (χ1v) is 5.92. The lowest BCUT2D eigenvalue weighted by molar-refractivity contribution is 0.366. The third-order valence-corrected chi connectivity index (χ3v) is 2.51. The molecule has 1 aromatic carbocycles. The Labute approximate surface area is 105 Å². The summed E-state index contributed by atoms with van der Waals surface area (Å²) in [6.07, 6.45) is 0.817. The smallest absolute Gasteiger partial charge is 0.126 e. The van der Waals surface area contributed by atoms with Crippen LogP contribution in [0.5, 0.6) is 5.75 Å². The molecule has 0 spiro atoms. The maximum Gasteiger partial charge on any atom is 0.126 e. The monoisotopic (exact) mass is 236 g/mol. The number of nitrogens with two attached hydrogens (primary N) is 1. The summed E-state index contributed by atoms with van der Waals surface area (Å²) in [4.78, 5) is 2.13. The lowest BCUT2D eigenvalue weighted by Crippen LogP contribution is -2.34. The molecule has 2 N–H and O–H groups in total. The van der Waals surface area contributed by atoms with Crippen molar-refractivity contribution in [1.82, 2.24) is 4.90 Å². The molecule has 3 nitrogen and oxygen atoms in total. The fraction of sp³-hybridized carbons (Fsp3) is 0.571. The zero-order chi connectivity index (χ0) is 13.1. The van der Waals surface area contributed by atoms with Crippen LogP contribution in [0.3, 0.4) is 0 Å². The maximum atomic E-state index is 6.08. The van der Waals surface area contributed by atoms with Crippen molar-refractivity contribution in [3.05, 3.63) is 29.3 Å². The van der Waals surface area contributed by atoms with Crippen molar-refractivity contribution in [2.24, 2.45) is 5.73 Å². The number of rotatable bonds is 5. The standard InChI is InChI=1S/C14H24N2O/c1-14(2,15)9-11-7-6-8-12(10-16(3)4)13(11)17-5/h6-8H,9-10,15H2,1-5H3. The van der Waals surface area contributed by atoms with Crippen molar-refractivity contribution < 1.29 is 4.74 Å². The summed E-state index contributed by atoms with van der Waals surface area (Å²) in [5.41, 5.74) is 8.25. The Bertz CT molecular complexity index is 367. The van der Waals surface area contributed by atoms with Crippen LogP contribution in [0.4, 0.5) is 0 Å². The number of hydrogen-bond acceptors (Lipinski definition) is 3. The van der Waals surface area contributed by atoms with Crippen molar-refractivity contribution in [2.45, 2.75) is 32.4 Å². The second-order valence-corrected chi connectivity index (χ2v) is 5.51. The van der Waals surface area contributed by atoms with Gasteiger partial charge >= 0.3 is 0 Å². The van der Waals surface area contributed by atoms with Crippen LogP contribution in [0.15, 0.2) is 18.2 Å². The van der Waals surface area contributed by atoms with Crippen LogP contribution >= 0.6 is 0 Å². The van der Waals surface area contributed by atoms with E-state index in [0.29, 0.717) is 0 Å². The summed E-state index contributed by atoms with van der Waals surface area (Å²) in [7, 11) is 5.83. The van der Waals surface area contributed by atoms with Crippen LogP contribution in [0.1, 0.15) is 25.0 Å². The van der Waals surface area contributed by atoms with E-state index in [2.05, 4.69) is 37.2 Å². The highest BCUT2D eigenvalue weighted by molar-refractivity contribution is 5.42. The van der Waals surface area contributed by atoms with E-state index in [9.17, 15) is 0 Å². The van der Waals surface area contributed by atoms with Crippen LogP contribution in [0, 0.1) is 0 Å². The van der Waals surface area contributed by atoms with Crippen LogP contribution in [-0.4, -0.2) is 31.6 Å². The highest BCUT2D eigenvalue weighted by Gasteiger charge is 2.17. The number of ether oxygens (including phenoxy) is 1. The number of hydrogen-bond donors (Lipinski definition) is 1. The quantitative estimate of drug-likeness (QED) is 0.850. The number of methoxy groups -OCH3 is 1. The van der Waals surface area contributed by atoms with Gasteiger partial charge in [0.05, 0.1) is 7.11 Å². The van der Waals surface area contributed by atoms with Gasteiger partial charge in [-0.2, -0.15) is 0 Å². The zero-order valence-corrected chi connectivity index (χ0v) is 11.6. The Morgan fingerprint density at radius 2 is 1.82 bits per heavy atom. The molecule has 96 valence electrons. The Morgan fingerprint density at radius 3 is 2.29 bits per heavy atom. The van der Waals surface area contributed by atoms with Gasteiger partial charge in [-0.15, -0.1) is 0 Å². The summed E-state index contributed by atoms with van der Waals surface area (Å²) >= 11 is 0. The second kappa shape index (κ2) is 5.52. The summed E-state index contributed by atoms with van der Waals surface area (Å²) < 4.78 is 5.54. The van der Waals surface area contributed by atoms with Gasteiger partial charge in [0.15, 0.2) is 0 Å². The SMILES string of the molecule is COc1c(CN(C)C)cccc1CC(C)(C)N. The fourth-order valence-electron chi connectivity index (χ4n) is 2.00. The number of nitrogens with zero attached hydrogens (tertiary/aromatic N) is 1. The van der Waals surface area contributed by atoms with E-state index >= 15 is 0 Å². The van der Waals surface area contributed by atoms with Crippen molar-refractivity contribution in [3.8, 4) is 5.75 Å². The van der Waals surface area contributed by atoms with Crippen LogP contribution in [-0.2, 0) is 13.0 Å². The van der Waals surface area contributed by atoms with Gasteiger partial charge in [0.1, 0.15) is 5.75 Å². The third-order valence-electron chi connectivity index (χ3n) is 2.51. The van der Waals surface area contributed by atoms with Gasteiger partial charge < -0.3 is 15.4 Å². The minimum absolute atomic E-state index is 0.218. The zero-order valence-electron chi connectivity index (χ0n) is 11.6. The van der Waals surface area contributed by atoms with Gasteiger partial charge in [-0.3, -0.25) is 0 Å². The van der Waals surface area contributed by atoms with Crippen molar-refractivity contribution in [3.63, 3.8) is 0 Å². The summed E-state index contributed by atoms with van der Waals surface area (Å²) in [5.74, 6) is 0.972. The molecule has 0 aliphatic heterocycles. The maximum absolute atomic E-state index is 6.08. The van der Waals surface area contributed by atoms with Crippen molar-refractivity contribution in [2.75, 3.05) is 21.2 Å². The minimum Gasteiger partial charge on any atom is -0.496 e. The molecule has 0 amide bonds. The molecule has 0 aromatic heterocycles. The van der Waals surface area contributed by atoms with Gasteiger partial charge in [-0.05, 0) is 39.9 Å². The molecule has 1 rings (SSSR count). The van der Waals surface area contributed by atoms with E-state index in [1.54, 1.807) is 7.11 Å². The van der Waals surface area contributed by atoms with Gasteiger partial charge in [0, 0.05) is 17.6 Å². The summed E-state index contributed by atoms with van der Waals surface area (Å²) in [5, 5.41) is 0. The van der Waals surface area contributed by atoms with E-state index in [4.69, 9.17) is 10.5 Å². The van der Waals surface area contributed by atoms with Crippen molar-refractivity contribution >= 4 is 0 Å². The highest BCUT2D eigenvalue weighted by Crippen LogP contribution is 2.27. The number of benzene rings is 1. The van der Waals surface area contributed by atoms with Crippen molar-refractivity contribution in [1.29, 1.82) is 0 Å². The lowest BCUT2D eigenvalue weighted by Gasteiger charge is -2.22. The first-order valence-electron chi connectivity index (χ1n) is 5.92. The lowest BCUT2D eigenvalue weighted by atomic mass is 9.94. The Morgan fingerprint density at radius 1 is 1.24 bits per heavy atom. The molecule has 17 heavy (non-hydrogen) atoms. The molecule has 0 saturated heterocycles. The molecule has 0 atom stereocenters. The van der Waals surface area contributed by atoms with Crippen LogP contribution < -0.4 is 10.5 Å². The predicted octanol–water partition coefficient (Wildman–Crippen LogP) is 2.04. The molecule has 0 bridgehead atoms. The predicted molar refractivity (Wildman–Crippen MR) is 72.4 cm³/mol. The third kappa shape index (κ3) is 4.36. The Balaban J connectivity index is 3.05. The molecular formula is C14H24N2O. The van der Waals surface area contributed by atoms with Crippen LogP contribution in [0.2, 0.25) is 0 Å². The average Bonchev–Trinajstić information content (AvgIpc) is 2.14. The first kappa shape index (κ1) is 14.0. The van der Waals surface area contributed by atoms with E-state index in [1.807, 2.05) is 13.8 Å². The second-order valence-electron chi connectivity index (χ2n) is 5.51. The van der Waals surface area contributed by atoms with E-state index in [1.165, 1.54) is 11.1 Å². The summed E-state index contributed by atoms with van der Waals surface area (Å²) in [6.45, 7) is 4.94. The molecule has 0 heterocycles. The van der Waals surface area contributed by atoms with E-state index in [-0.39, 0.29) is 5.54 Å². The van der Waals surface area contributed by atoms with Gasteiger partial charge in [0.2, 0.25) is 0 Å². The van der Waals surface area contributed by atoms with Gasteiger partial charge in [-0.25, -0.2) is 0 Å². The van der Waals surface area contributed by atoms with E-state index < -0.39 is 0 Å². The van der Waals surface area contributed by atoms with Gasteiger partial charge in [-0.1, -0.05) is 18.2 Å². The topological polar surface area (TPSA) is 38.5 Å². The largest absolute Gasteiger partial charge is 0.496 e. The Hall–Kier alpha value is -1.06. The number of para-hydroxylation sites is 1. The molecule has 3 heteroatoms. The van der Waals surface area contributed by atoms with Crippen LogP contribution in [0.25, 0.3) is 0 Å². The minimum atomic E-state index is -0.218. The molecule has 0 saturated carbocycles. The highest BCUT2D eigenvalue weighted by atomic mass is 16.5. The molecule has 0 fully saturated rings. The normalized spacial score (nSPS) is 11.9. The molecule has 0 aliphatic carbocycles.